The molecule has 1 amide bonds. The maximum Gasteiger partial charge on any atom is 0.251 e. The summed E-state index contributed by atoms with van der Waals surface area (Å²) in [5.41, 5.74) is 0.442. The number of rotatable bonds is 5. The summed E-state index contributed by atoms with van der Waals surface area (Å²) < 4.78 is 6.08. The zero-order valence-electron chi connectivity index (χ0n) is 20.0. The van der Waals surface area contributed by atoms with Crippen LogP contribution in [0.4, 0.5) is 0 Å². The number of carbonyl (C=O) groups excluding carboxylic acids is 2. The third-order valence-corrected chi connectivity index (χ3v) is 7.01. The minimum absolute atomic E-state index is 0.0130. The van der Waals surface area contributed by atoms with Crippen molar-refractivity contribution in [2.24, 2.45) is 0 Å². The van der Waals surface area contributed by atoms with E-state index in [1.165, 1.54) is 48.5 Å². The van der Waals surface area contributed by atoms with Gasteiger partial charge in [0, 0.05) is 17.5 Å². The number of furan rings is 1. The Bertz CT molecular complexity index is 1470. The number of ketones is 1. The van der Waals surface area contributed by atoms with Gasteiger partial charge in [0.1, 0.15) is 22.8 Å². The lowest BCUT2D eigenvalue weighted by molar-refractivity contribution is 0.0925. The second-order valence-corrected chi connectivity index (χ2v) is 9.37. The summed E-state index contributed by atoms with van der Waals surface area (Å²) in [6, 6.07) is 14.4. The summed E-state index contributed by atoms with van der Waals surface area (Å²) in [6.45, 7) is 0. The van der Waals surface area contributed by atoms with E-state index in [0.29, 0.717) is 18.4 Å². The van der Waals surface area contributed by atoms with Crippen molar-refractivity contribution in [3.05, 3.63) is 83.1 Å². The summed E-state index contributed by atoms with van der Waals surface area (Å²) in [6.07, 6.45) is 4.01. The van der Waals surface area contributed by atoms with Crippen LogP contribution in [0.3, 0.4) is 0 Å². The number of aromatic hydroxyl groups is 4. The predicted octanol–water partition coefficient (Wildman–Crippen LogP) is 5.33. The van der Waals surface area contributed by atoms with Crippen molar-refractivity contribution in [3.8, 4) is 23.0 Å². The van der Waals surface area contributed by atoms with Crippen molar-refractivity contribution < 1.29 is 34.4 Å². The molecule has 2 atom stereocenters. The Morgan fingerprint density at radius 1 is 0.811 bits per heavy atom. The molecule has 3 aromatic carbocycles. The van der Waals surface area contributed by atoms with E-state index in [2.05, 4.69) is 5.32 Å². The van der Waals surface area contributed by atoms with Crippen LogP contribution >= 0.6 is 0 Å². The molecule has 1 saturated carbocycles. The van der Waals surface area contributed by atoms with Crippen LogP contribution in [0.15, 0.2) is 65.1 Å². The van der Waals surface area contributed by atoms with E-state index in [1.807, 2.05) is 0 Å². The zero-order chi connectivity index (χ0) is 26.1. The predicted molar refractivity (Wildman–Crippen MR) is 136 cm³/mol. The van der Waals surface area contributed by atoms with Crippen LogP contribution in [0.25, 0.3) is 11.0 Å². The lowest BCUT2D eigenvalue weighted by Gasteiger charge is -2.25. The monoisotopic (exact) mass is 501 g/mol. The summed E-state index contributed by atoms with van der Waals surface area (Å²) in [4.78, 5) is 26.3. The molecule has 0 radical (unpaired) electrons. The molecule has 1 fully saturated rings. The molecular formula is C29H27NO7. The fourth-order valence-electron chi connectivity index (χ4n) is 5.12. The standard InChI is InChI=1S/C29H27NO7/c31-17-12-10-16(11-13-17)29(36)30-20-8-3-1-2-6-18(20)28-27(35)25-23(37-28)15-14-22(33)24(25)26(34)19-7-4-5-9-21(19)32/h4-5,7,9-15,18,20,31-33,35H,1-3,6,8H2,(H,30,36). The van der Waals surface area contributed by atoms with Gasteiger partial charge < -0.3 is 30.2 Å². The highest BCUT2D eigenvalue weighted by Crippen LogP contribution is 2.45. The number of para-hydroxylation sites is 1. The van der Waals surface area contributed by atoms with Crippen molar-refractivity contribution in [1.82, 2.24) is 5.32 Å². The topological polar surface area (TPSA) is 140 Å². The molecule has 37 heavy (non-hydrogen) atoms. The zero-order valence-corrected chi connectivity index (χ0v) is 20.0. The van der Waals surface area contributed by atoms with Crippen molar-refractivity contribution in [1.29, 1.82) is 0 Å². The van der Waals surface area contributed by atoms with Gasteiger partial charge in [-0.25, -0.2) is 0 Å². The van der Waals surface area contributed by atoms with Crippen LogP contribution < -0.4 is 5.32 Å². The van der Waals surface area contributed by atoms with E-state index in [0.717, 1.165) is 19.3 Å². The van der Waals surface area contributed by atoms with E-state index < -0.39 is 5.78 Å². The molecule has 0 saturated heterocycles. The van der Waals surface area contributed by atoms with E-state index in [-0.39, 0.29) is 68.7 Å². The lowest BCUT2D eigenvalue weighted by Crippen LogP contribution is -2.38. The van der Waals surface area contributed by atoms with Crippen molar-refractivity contribution in [3.63, 3.8) is 0 Å². The molecular weight excluding hydrogens is 474 g/mol. The molecule has 5 N–H and O–H groups in total. The van der Waals surface area contributed by atoms with Gasteiger partial charge in [-0.2, -0.15) is 0 Å². The smallest absolute Gasteiger partial charge is 0.251 e. The van der Waals surface area contributed by atoms with E-state index >= 15 is 0 Å². The first-order valence-corrected chi connectivity index (χ1v) is 12.2. The normalized spacial score (nSPS) is 17.8. The molecule has 4 aromatic rings. The van der Waals surface area contributed by atoms with Crippen molar-refractivity contribution in [2.75, 3.05) is 0 Å². The summed E-state index contributed by atoms with van der Waals surface area (Å²) >= 11 is 0. The molecule has 1 aliphatic carbocycles. The number of hydrogen-bond donors (Lipinski definition) is 5. The fraction of sp³-hybridized carbons (Fsp3) is 0.241. The molecule has 5 rings (SSSR count). The highest BCUT2D eigenvalue weighted by molar-refractivity contribution is 6.20. The van der Waals surface area contributed by atoms with Gasteiger partial charge in [-0.1, -0.05) is 31.4 Å². The molecule has 8 heteroatoms. The minimum atomic E-state index is -0.651. The van der Waals surface area contributed by atoms with Crippen LogP contribution in [0.5, 0.6) is 23.0 Å². The van der Waals surface area contributed by atoms with Gasteiger partial charge in [0.05, 0.1) is 16.5 Å². The fourth-order valence-corrected chi connectivity index (χ4v) is 5.12. The number of benzene rings is 3. The third kappa shape index (κ3) is 4.58. The van der Waals surface area contributed by atoms with Gasteiger partial charge in [0.2, 0.25) is 5.78 Å². The number of nitrogens with one attached hydrogen (secondary N) is 1. The van der Waals surface area contributed by atoms with Crippen molar-refractivity contribution >= 4 is 22.7 Å². The van der Waals surface area contributed by atoms with E-state index in [4.69, 9.17) is 4.42 Å². The molecule has 2 unspecified atom stereocenters. The van der Waals surface area contributed by atoms with Gasteiger partial charge >= 0.3 is 0 Å². The van der Waals surface area contributed by atoms with E-state index in [9.17, 15) is 30.0 Å². The quantitative estimate of drug-likeness (QED) is 0.184. The average Bonchev–Trinajstić information content (AvgIpc) is 3.05. The number of hydrogen-bond acceptors (Lipinski definition) is 7. The number of amides is 1. The highest BCUT2D eigenvalue weighted by atomic mass is 16.4. The van der Waals surface area contributed by atoms with Crippen molar-refractivity contribution in [2.45, 2.75) is 44.1 Å². The van der Waals surface area contributed by atoms with Gasteiger partial charge in [-0.15, -0.1) is 0 Å². The van der Waals surface area contributed by atoms with Gasteiger partial charge in [-0.05, 0) is 61.4 Å². The Balaban J connectivity index is 1.55. The number of phenols is 3. The minimum Gasteiger partial charge on any atom is -0.508 e. The molecule has 8 nitrogen and oxygen atoms in total. The van der Waals surface area contributed by atoms with Crippen LogP contribution in [0, 0.1) is 0 Å². The molecule has 190 valence electrons. The van der Waals surface area contributed by atoms with E-state index in [1.54, 1.807) is 12.1 Å². The Morgan fingerprint density at radius 2 is 1.54 bits per heavy atom. The van der Waals surface area contributed by atoms with Crippen LogP contribution in [-0.2, 0) is 0 Å². The van der Waals surface area contributed by atoms with Gasteiger partial charge in [0.25, 0.3) is 5.91 Å². The maximum atomic E-state index is 13.3. The number of phenolic OH excluding ortho intramolecular Hbond substituents is 3. The first kappa shape index (κ1) is 24.2. The molecule has 1 aliphatic rings. The summed E-state index contributed by atoms with van der Waals surface area (Å²) in [5, 5.41) is 44.8. The number of fused-ring (bicyclic) bond motifs is 1. The van der Waals surface area contributed by atoms with Gasteiger partial charge in [-0.3, -0.25) is 9.59 Å². The Morgan fingerprint density at radius 3 is 2.30 bits per heavy atom. The second-order valence-electron chi connectivity index (χ2n) is 9.37. The maximum absolute atomic E-state index is 13.3. The SMILES string of the molecule is O=C(NC1CCCCCC1c1oc2ccc(O)c(C(=O)c3ccccc3O)c2c1O)c1ccc(O)cc1. The lowest BCUT2D eigenvalue weighted by atomic mass is 9.90. The largest absolute Gasteiger partial charge is 0.508 e. The molecule has 0 bridgehead atoms. The summed E-state index contributed by atoms with van der Waals surface area (Å²) in [5.74, 6) is -1.87. The summed E-state index contributed by atoms with van der Waals surface area (Å²) in [7, 11) is 0. The van der Waals surface area contributed by atoms with Crippen LogP contribution in [0.2, 0.25) is 0 Å². The molecule has 1 aromatic heterocycles. The highest BCUT2D eigenvalue weighted by Gasteiger charge is 2.34. The van der Waals surface area contributed by atoms with Crippen LogP contribution in [-0.4, -0.2) is 38.2 Å². The first-order chi connectivity index (χ1) is 17.8. The number of carbonyl (C=O) groups is 2. The first-order valence-electron chi connectivity index (χ1n) is 12.2. The molecule has 1 heterocycles. The Hall–Kier alpha value is -4.46. The molecule has 0 spiro atoms. The van der Waals surface area contributed by atoms with Gasteiger partial charge in [0.15, 0.2) is 11.5 Å². The average molecular weight is 502 g/mol. The van der Waals surface area contributed by atoms with Crippen LogP contribution in [0.1, 0.15) is 70.1 Å². The third-order valence-electron chi connectivity index (χ3n) is 7.01. The Kier molecular flexibility index (Phi) is 6.48. The molecule has 0 aliphatic heterocycles. The second kappa shape index (κ2) is 9.89. The Labute approximate surface area is 212 Å².